The molecule has 0 aromatic carbocycles. The average Bonchev–Trinajstić information content (AvgIpc) is 3.17. The predicted octanol–water partition coefficient (Wildman–Crippen LogP) is 3.03. The molecular formula is C16H23N3O. The molecule has 1 saturated heterocycles. The van der Waals surface area contributed by atoms with Crippen molar-refractivity contribution in [1.82, 2.24) is 9.97 Å². The van der Waals surface area contributed by atoms with Gasteiger partial charge in [0.1, 0.15) is 11.6 Å². The summed E-state index contributed by atoms with van der Waals surface area (Å²) in [7, 11) is 0. The third-order valence-electron chi connectivity index (χ3n) is 4.93. The molecule has 1 N–H and O–H groups in total. The Morgan fingerprint density at radius 1 is 1.15 bits per heavy atom. The number of aromatic nitrogens is 2. The van der Waals surface area contributed by atoms with Gasteiger partial charge in [0.05, 0.1) is 6.10 Å². The van der Waals surface area contributed by atoms with E-state index in [1.165, 1.54) is 38.5 Å². The fourth-order valence-electron chi connectivity index (χ4n) is 3.73. The van der Waals surface area contributed by atoms with Gasteiger partial charge in [-0.2, -0.15) is 0 Å². The lowest BCUT2D eigenvalue weighted by Crippen LogP contribution is -2.38. The molecule has 3 aliphatic rings. The van der Waals surface area contributed by atoms with Crippen molar-refractivity contribution in [3.63, 3.8) is 0 Å². The van der Waals surface area contributed by atoms with Gasteiger partial charge in [-0.3, -0.25) is 0 Å². The Morgan fingerprint density at radius 2 is 2.05 bits per heavy atom. The minimum atomic E-state index is 0.479. The van der Waals surface area contributed by atoms with E-state index < -0.39 is 0 Å². The maximum absolute atomic E-state index is 5.85. The molecular weight excluding hydrogens is 250 g/mol. The number of rotatable bonds is 3. The first-order valence-corrected chi connectivity index (χ1v) is 8.03. The van der Waals surface area contributed by atoms with Gasteiger partial charge in [0.15, 0.2) is 0 Å². The van der Waals surface area contributed by atoms with Crippen molar-refractivity contribution in [2.45, 2.75) is 63.5 Å². The van der Waals surface area contributed by atoms with Crippen LogP contribution in [0.4, 0.5) is 5.82 Å². The lowest BCUT2D eigenvalue weighted by molar-refractivity contribution is 0.0619. The van der Waals surface area contributed by atoms with Crippen molar-refractivity contribution < 1.29 is 4.74 Å². The third kappa shape index (κ3) is 2.41. The molecule has 0 spiro atoms. The smallest absolute Gasteiger partial charge is 0.134 e. The van der Waals surface area contributed by atoms with Crippen molar-refractivity contribution in [1.29, 1.82) is 0 Å². The second-order valence-electron chi connectivity index (χ2n) is 6.57. The molecule has 0 unspecified atom stereocenters. The van der Waals surface area contributed by atoms with Gasteiger partial charge in [-0.1, -0.05) is 0 Å². The lowest BCUT2D eigenvalue weighted by Gasteiger charge is -2.33. The average molecular weight is 273 g/mol. The highest BCUT2D eigenvalue weighted by atomic mass is 16.5. The predicted molar refractivity (Wildman–Crippen MR) is 77.9 cm³/mol. The molecule has 2 saturated carbocycles. The van der Waals surface area contributed by atoms with Crippen LogP contribution in [-0.4, -0.2) is 28.7 Å². The monoisotopic (exact) mass is 273 g/mol. The zero-order chi connectivity index (χ0) is 13.5. The van der Waals surface area contributed by atoms with E-state index in [1.807, 2.05) is 0 Å². The van der Waals surface area contributed by atoms with Gasteiger partial charge in [-0.15, -0.1) is 0 Å². The molecule has 0 radical (unpaired) electrons. The summed E-state index contributed by atoms with van der Waals surface area (Å²) in [4.78, 5) is 9.32. The van der Waals surface area contributed by atoms with Crippen LogP contribution >= 0.6 is 0 Å². The summed E-state index contributed by atoms with van der Waals surface area (Å²) in [5, 5.41) is 3.69. The van der Waals surface area contributed by atoms with Crippen LogP contribution < -0.4 is 5.32 Å². The summed E-state index contributed by atoms with van der Waals surface area (Å²) < 4.78 is 5.85. The Hall–Kier alpha value is -1.16. The molecule has 4 nitrogen and oxygen atoms in total. The highest BCUT2D eigenvalue weighted by molar-refractivity contribution is 5.38. The number of nitrogens with one attached hydrogen (secondary N) is 1. The van der Waals surface area contributed by atoms with Crippen LogP contribution in [0.2, 0.25) is 0 Å². The quantitative estimate of drug-likeness (QED) is 0.919. The highest BCUT2D eigenvalue weighted by Gasteiger charge is 2.37. The molecule has 20 heavy (non-hydrogen) atoms. The van der Waals surface area contributed by atoms with Crippen LogP contribution in [0.1, 0.15) is 56.0 Å². The number of aryl methyl sites for hydroxylation is 1. The van der Waals surface area contributed by atoms with Gasteiger partial charge in [-0.05, 0) is 45.4 Å². The molecule has 1 aromatic rings. The van der Waals surface area contributed by atoms with Gasteiger partial charge >= 0.3 is 0 Å². The molecule has 2 heterocycles. The summed E-state index contributed by atoms with van der Waals surface area (Å²) in [6.07, 6.45) is 7.92. The van der Waals surface area contributed by atoms with Crippen LogP contribution in [0.25, 0.3) is 0 Å². The van der Waals surface area contributed by atoms with Crippen molar-refractivity contribution >= 4 is 5.82 Å². The van der Waals surface area contributed by atoms with E-state index in [2.05, 4.69) is 23.3 Å². The molecule has 0 bridgehead atoms. The number of fused-ring (bicyclic) bond motifs is 1. The van der Waals surface area contributed by atoms with Gasteiger partial charge < -0.3 is 10.1 Å². The molecule has 2 aliphatic carbocycles. The van der Waals surface area contributed by atoms with E-state index in [-0.39, 0.29) is 0 Å². The third-order valence-corrected chi connectivity index (χ3v) is 4.93. The second-order valence-corrected chi connectivity index (χ2v) is 6.57. The van der Waals surface area contributed by atoms with Crippen LogP contribution in [0.5, 0.6) is 0 Å². The fourth-order valence-corrected chi connectivity index (χ4v) is 3.73. The van der Waals surface area contributed by atoms with Crippen LogP contribution in [0.3, 0.4) is 0 Å². The van der Waals surface area contributed by atoms with Crippen LogP contribution in [0, 0.1) is 12.8 Å². The molecule has 4 rings (SSSR count). The molecule has 1 aromatic heterocycles. The van der Waals surface area contributed by atoms with E-state index in [1.54, 1.807) is 0 Å². The molecule has 4 heteroatoms. The second kappa shape index (κ2) is 4.99. The Balaban J connectivity index is 1.52. The number of hydrogen-bond donors (Lipinski definition) is 1. The summed E-state index contributed by atoms with van der Waals surface area (Å²) in [6.45, 7) is 3.00. The topological polar surface area (TPSA) is 47.0 Å². The highest BCUT2D eigenvalue weighted by Crippen LogP contribution is 2.39. The van der Waals surface area contributed by atoms with Crippen molar-refractivity contribution in [3.05, 3.63) is 17.6 Å². The standard InChI is InChI=1S/C16H23N3O/c1-10-9-15(19-16(17-10)11-5-6-11)18-13-3-2-4-14-12(13)7-8-20-14/h9,11-14H,2-8H2,1H3,(H,17,18,19)/t12-,13+,14+/m0/s1. The summed E-state index contributed by atoms with van der Waals surface area (Å²) in [5.41, 5.74) is 1.08. The van der Waals surface area contributed by atoms with Gasteiger partial charge in [0.25, 0.3) is 0 Å². The molecule has 3 atom stereocenters. The number of ether oxygens (including phenoxy) is 1. The molecule has 1 aliphatic heterocycles. The van der Waals surface area contributed by atoms with Crippen LogP contribution in [0.15, 0.2) is 6.07 Å². The minimum absolute atomic E-state index is 0.479. The Bertz CT molecular complexity index is 500. The molecule has 3 fully saturated rings. The Kier molecular flexibility index (Phi) is 3.14. The molecule has 108 valence electrons. The van der Waals surface area contributed by atoms with E-state index >= 15 is 0 Å². The summed E-state index contributed by atoms with van der Waals surface area (Å²) >= 11 is 0. The van der Waals surface area contributed by atoms with Gasteiger partial charge in [-0.25, -0.2) is 9.97 Å². The largest absolute Gasteiger partial charge is 0.378 e. The molecule has 0 amide bonds. The van der Waals surface area contributed by atoms with E-state index in [0.717, 1.165) is 23.9 Å². The minimum Gasteiger partial charge on any atom is -0.378 e. The first-order valence-electron chi connectivity index (χ1n) is 8.03. The van der Waals surface area contributed by atoms with Gasteiger partial charge in [0.2, 0.25) is 0 Å². The van der Waals surface area contributed by atoms with Crippen molar-refractivity contribution in [3.8, 4) is 0 Å². The fraction of sp³-hybridized carbons (Fsp3) is 0.750. The maximum Gasteiger partial charge on any atom is 0.134 e. The van der Waals surface area contributed by atoms with Crippen molar-refractivity contribution in [2.75, 3.05) is 11.9 Å². The first-order chi connectivity index (χ1) is 9.79. The Morgan fingerprint density at radius 3 is 2.90 bits per heavy atom. The summed E-state index contributed by atoms with van der Waals surface area (Å²) in [6, 6.07) is 2.61. The SMILES string of the molecule is Cc1cc(N[C@@H]2CCC[C@H]3OCC[C@@H]23)nc(C2CC2)n1. The van der Waals surface area contributed by atoms with E-state index in [9.17, 15) is 0 Å². The maximum atomic E-state index is 5.85. The summed E-state index contributed by atoms with van der Waals surface area (Å²) in [5.74, 6) is 3.35. The normalized spacial score (nSPS) is 33.0. The number of anilines is 1. The van der Waals surface area contributed by atoms with Crippen molar-refractivity contribution in [2.24, 2.45) is 5.92 Å². The number of hydrogen-bond acceptors (Lipinski definition) is 4. The zero-order valence-electron chi connectivity index (χ0n) is 12.1. The lowest BCUT2D eigenvalue weighted by atomic mass is 9.82. The number of nitrogens with zero attached hydrogens (tertiary/aromatic N) is 2. The van der Waals surface area contributed by atoms with Crippen LogP contribution in [-0.2, 0) is 4.74 Å². The Labute approximate surface area is 120 Å². The zero-order valence-corrected chi connectivity index (χ0v) is 12.1. The van der Waals surface area contributed by atoms with Gasteiger partial charge in [0, 0.05) is 36.2 Å². The van der Waals surface area contributed by atoms with E-state index in [4.69, 9.17) is 9.72 Å². The first kappa shape index (κ1) is 12.6. The van der Waals surface area contributed by atoms with E-state index in [0.29, 0.717) is 24.0 Å².